The maximum Gasteiger partial charge on any atom is 0.332 e. The number of esters is 3. The quantitative estimate of drug-likeness (QED) is 0.190. The van der Waals surface area contributed by atoms with Gasteiger partial charge in [-0.05, 0) is 25.2 Å². The Morgan fingerprint density at radius 3 is 1.70 bits per heavy atom. The number of methoxy groups -OCH3 is 1. The Morgan fingerprint density at radius 1 is 0.926 bits per heavy atom. The first kappa shape index (κ1) is 29.4. The molecule has 0 saturated carbocycles. The van der Waals surface area contributed by atoms with Crippen molar-refractivity contribution >= 4 is 17.9 Å². The summed E-state index contributed by atoms with van der Waals surface area (Å²) in [6.45, 7) is 19.5. The summed E-state index contributed by atoms with van der Waals surface area (Å²) < 4.78 is 13.1. The summed E-state index contributed by atoms with van der Waals surface area (Å²) in [5.74, 6) is -0.847. The van der Waals surface area contributed by atoms with Crippen LogP contribution >= 0.6 is 0 Å². The van der Waals surface area contributed by atoms with E-state index >= 15 is 0 Å². The van der Waals surface area contributed by atoms with Crippen molar-refractivity contribution in [1.82, 2.24) is 0 Å². The zero-order valence-electron chi connectivity index (χ0n) is 17.8. The maximum atomic E-state index is 10.9. The summed E-state index contributed by atoms with van der Waals surface area (Å²) in [7, 11) is 1.33. The van der Waals surface area contributed by atoms with Gasteiger partial charge in [-0.3, -0.25) is 9.59 Å². The van der Waals surface area contributed by atoms with Gasteiger partial charge in [-0.15, -0.1) is 0 Å². The summed E-state index contributed by atoms with van der Waals surface area (Å²) in [5, 5.41) is 0. The monoisotopic (exact) mass is 384 g/mol. The highest BCUT2D eigenvalue weighted by atomic mass is 16.5. The van der Waals surface area contributed by atoms with E-state index in [4.69, 9.17) is 0 Å². The summed E-state index contributed by atoms with van der Waals surface area (Å²) in [6, 6.07) is 0. The lowest BCUT2D eigenvalue weighted by Gasteiger charge is -2.17. The molecule has 0 radical (unpaired) electrons. The molecule has 0 fully saturated rings. The summed E-state index contributed by atoms with van der Waals surface area (Å²) in [5.41, 5.74) is 0.837. The molecule has 6 heteroatoms. The van der Waals surface area contributed by atoms with Crippen LogP contribution in [-0.2, 0) is 28.6 Å². The summed E-state index contributed by atoms with van der Waals surface area (Å²) in [6.07, 6.45) is 7.22. The average molecular weight is 385 g/mol. The highest BCUT2D eigenvalue weighted by Crippen LogP contribution is 2.22. The Morgan fingerprint density at radius 2 is 1.44 bits per heavy atom. The van der Waals surface area contributed by atoms with Gasteiger partial charge in [-0.1, -0.05) is 53.3 Å². The van der Waals surface area contributed by atoms with E-state index in [2.05, 4.69) is 54.7 Å². The molecule has 0 spiro atoms. The van der Waals surface area contributed by atoms with Gasteiger partial charge in [-0.25, -0.2) is 4.79 Å². The fourth-order valence-corrected chi connectivity index (χ4v) is 1.54. The van der Waals surface area contributed by atoms with Gasteiger partial charge in [0.25, 0.3) is 0 Å². The Kier molecular flexibility index (Phi) is 20.1. The number of carbonyl (C=O) groups excluding carboxylic acids is 3. The van der Waals surface area contributed by atoms with Gasteiger partial charge in [0.05, 0.1) is 19.6 Å². The van der Waals surface area contributed by atoms with E-state index in [1.165, 1.54) is 33.1 Å². The van der Waals surface area contributed by atoms with Crippen LogP contribution in [0.4, 0.5) is 0 Å². The molecule has 0 aliphatic carbocycles. The zero-order valence-corrected chi connectivity index (χ0v) is 17.8. The molecule has 6 nitrogen and oxygen atoms in total. The van der Waals surface area contributed by atoms with E-state index in [0.29, 0.717) is 17.4 Å². The first-order valence-electron chi connectivity index (χ1n) is 8.73. The van der Waals surface area contributed by atoms with Crippen LogP contribution in [0.3, 0.4) is 0 Å². The molecule has 0 aromatic rings. The van der Waals surface area contributed by atoms with E-state index in [-0.39, 0.29) is 17.9 Å². The molecule has 0 rings (SSSR count). The van der Waals surface area contributed by atoms with Crippen LogP contribution in [0.25, 0.3) is 0 Å². The van der Waals surface area contributed by atoms with Crippen molar-refractivity contribution in [1.29, 1.82) is 0 Å². The predicted molar refractivity (Wildman–Crippen MR) is 108 cm³/mol. The largest absolute Gasteiger partial charge is 0.466 e. The second kappa shape index (κ2) is 18.4. The molecule has 0 aromatic heterocycles. The van der Waals surface area contributed by atoms with Crippen LogP contribution in [0, 0.1) is 5.41 Å². The molecule has 0 amide bonds. The lowest BCUT2D eigenvalue weighted by molar-refractivity contribution is -0.138. The molecular weight excluding hydrogens is 348 g/mol. The lowest BCUT2D eigenvalue weighted by atomic mass is 9.89. The van der Waals surface area contributed by atoms with Gasteiger partial charge in [0.15, 0.2) is 0 Å². The van der Waals surface area contributed by atoms with Gasteiger partial charge >= 0.3 is 17.9 Å². The molecule has 0 aliphatic heterocycles. The second-order valence-corrected chi connectivity index (χ2v) is 6.83. The van der Waals surface area contributed by atoms with Crippen LogP contribution in [0.1, 0.15) is 66.7 Å². The average Bonchev–Trinajstić information content (AvgIpc) is 2.54. The van der Waals surface area contributed by atoms with Crippen molar-refractivity contribution in [2.24, 2.45) is 5.41 Å². The number of carbonyl (C=O) groups is 3. The summed E-state index contributed by atoms with van der Waals surface area (Å²) >= 11 is 0. The molecular formula is C21H36O6. The molecule has 0 bridgehead atoms. The van der Waals surface area contributed by atoms with E-state index in [1.807, 2.05) is 0 Å². The minimum atomic E-state index is -0.347. The molecule has 0 heterocycles. The summed E-state index contributed by atoms with van der Waals surface area (Å²) in [4.78, 5) is 30.8. The molecule has 0 saturated heterocycles. The van der Waals surface area contributed by atoms with E-state index < -0.39 is 0 Å². The molecule has 0 N–H and O–H groups in total. The smallest absolute Gasteiger partial charge is 0.332 e. The number of rotatable bonds is 8. The van der Waals surface area contributed by atoms with Gasteiger partial charge in [0, 0.05) is 18.9 Å². The number of hydrogen-bond donors (Lipinski definition) is 0. The number of unbranched alkanes of at least 4 members (excludes halogenated alkanes) is 2. The lowest BCUT2D eigenvalue weighted by Crippen LogP contribution is -2.04. The van der Waals surface area contributed by atoms with Crippen molar-refractivity contribution in [3.8, 4) is 0 Å². The van der Waals surface area contributed by atoms with Crippen molar-refractivity contribution < 1.29 is 28.6 Å². The number of ether oxygens (including phenoxy) is 3. The van der Waals surface area contributed by atoms with Crippen LogP contribution in [0.15, 0.2) is 37.8 Å². The minimum absolute atomic E-state index is 0.171. The molecule has 156 valence electrons. The Balaban J connectivity index is -0.000000369. The first-order chi connectivity index (χ1) is 12.4. The standard InChI is InChI=1S/C12H22O2.C5H8O2.C4H6O2/c1-5-14-11(13)9-7-6-8-10-12(2,3)4;1-4(2)5(6)7-3;1-3-6-4(2)5/h5H,1,6-10H2,2-4H3;1H2,2-3H3;3H,1H2,2H3. The van der Waals surface area contributed by atoms with Crippen molar-refractivity contribution in [2.45, 2.75) is 66.7 Å². The predicted octanol–water partition coefficient (Wildman–Crippen LogP) is 5.10. The van der Waals surface area contributed by atoms with Crippen molar-refractivity contribution in [3.05, 3.63) is 37.8 Å². The van der Waals surface area contributed by atoms with Gasteiger partial charge in [-0.2, -0.15) is 0 Å². The van der Waals surface area contributed by atoms with E-state index in [9.17, 15) is 14.4 Å². The minimum Gasteiger partial charge on any atom is -0.466 e. The highest BCUT2D eigenvalue weighted by molar-refractivity contribution is 5.86. The zero-order chi connectivity index (χ0) is 21.9. The maximum absolute atomic E-state index is 10.9. The molecule has 0 unspecified atom stereocenters. The van der Waals surface area contributed by atoms with Gasteiger partial charge in [0.1, 0.15) is 0 Å². The van der Waals surface area contributed by atoms with Crippen molar-refractivity contribution in [3.63, 3.8) is 0 Å². The fourth-order valence-electron chi connectivity index (χ4n) is 1.54. The van der Waals surface area contributed by atoms with E-state index in [1.54, 1.807) is 6.92 Å². The normalized spacial score (nSPS) is 9.26. The van der Waals surface area contributed by atoms with Gasteiger partial charge < -0.3 is 14.2 Å². The third kappa shape index (κ3) is 31.9. The Bertz CT molecular complexity index is 472. The Hall–Kier alpha value is -2.37. The second-order valence-electron chi connectivity index (χ2n) is 6.83. The highest BCUT2D eigenvalue weighted by Gasteiger charge is 2.09. The SMILES string of the molecule is C=C(C)C(=O)OC.C=COC(=O)CCCCCC(C)(C)C.C=COC(C)=O. The molecule has 0 atom stereocenters. The number of hydrogen-bond acceptors (Lipinski definition) is 6. The van der Waals surface area contributed by atoms with Crippen LogP contribution < -0.4 is 0 Å². The third-order valence-electron chi connectivity index (χ3n) is 2.81. The third-order valence-corrected chi connectivity index (χ3v) is 2.81. The van der Waals surface area contributed by atoms with Crippen LogP contribution in [0.2, 0.25) is 0 Å². The molecule has 0 aromatic carbocycles. The fraction of sp³-hybridized carbons (Fsp3) is 0.571. The van der Waals surface area contributed by atoms with Crippen LogP contribution in [-0.4, -0.2) is 25.0 Å². The molecule has 0 aliphatic rings. The van der Waals surface area contributed by atoms with Crippen molar-refractivity contribution in [2.75, 3.05) is 7.11 Å². The molecule has 27 heavy (non-hydrogen) atoms. The first-order valence-corrected chi connectivity index (χ1v) is 8.73. The van der Waals surface area contributed by atoms with Gasteiger partial charge in [0.2, 0.25) is 0 Å². The Labute approximate surface area is 164 Å². The van der Waals surface area contributed by atoms with Crippen LogP contribution in [0.5, 0.6) is 0 Å². The topological polar surface area (TPSA) is 78.9 Å². The van der Waals surface area contributed by atoms with E-state index in [0.717, 1.165) is 19.1 Å².